The van der Waals surface area contributed by atoms with E-state index in [4.69, 9.17) is 10.8 Å². The highest BCUT2D eigenvalue weighted by atomic mass is 16.4. The topological polar surface area (TPSA) is 95.7 Å². The number of carboxylic acid groups (broad SMARTS) is 1. The summed E-state index contributed by atoms with van der Waals surface area (Å²) in [7, 11) is 0. The van der Waals surface area contributed by atoms with Crippen LogP contribution in [0.5, 0.6) is 0 Å². The van der Waals surface area contributed by atoms with Crippen LogP contribution < -0.4 is 16.0 Å². The first-order valence-electron chi connectivity index (χ1n) is 7.18. The zero-order valence-corrected chi connectivity index (χ0v) is 12.0. The number of nitrogens with two attached hydrogens (primary N) is 1. The highest BCUT2D eigenvalue weighted by Gasteiger charge is 2.20. The average Bonchev–Trinajstić information content (AvgIpc) is 2.45. The van der Waals surface area contributed by atoms with Crippen LogP contribution in [0.15, 0.2) is 18.2 Å². The lowest BCUT2D eigenvalue weighted by molar-refractivity contribution is -0.137. The van der Waals surface area contributed by atoms with Crippen LogP contribution in [0.2, 0.25) is 0 Å². The molecule has 0 fully saturated rings. The lowest BCUT2D eigenvalue weighted by atomic mass is 10.00. The molecule has 0 aliphatic carbocycles. The lowest BCUT2D eigenvalue weighted by Crippen LogP contribution is -2.40. The summed E-state index contributed by atoms with van der Waals surface area (Å²) in [6.45, 7) is 1.51. The van der Waals surface area contributed by atoms with E-state index in [1.807, 2.05) is 23.1 Å². The van der Waals surface area contributed by atoms with Crippen LogP contribution in [0.1, 0.15) is 24.8 Å². The maximum absolute atomic E-state index is 11.9. The number of carbonyl (C=O) groups is 2. The normalized spacial score (nSPS) is 13.6. The predicted molar refractivity (Wildman–Crippen MR) is 81.3 cm³/mol. The van der Waals surface area contributed by atoms with Gasteiger partial charge in [-0.1, -0.05) is 6.07 Å². The van der Waals surface area contributed by atoms with E-state index in [0.717, 1.165) is 36.3 Å². The molecular weight excluding hydrogens is 270 g/mol. The van der Waals surface area contributed by atoms with Crippen molar-refractivity contribution in [2.24, 2.45) is 0 Å². The van der Waals surface area contributed by atoms with Gasteiger partial charge in [0.25, 0.3) is 0 Å². The number of hydrogen-bond acceptors (Lipinski definition) is 4. The van der Waals surface area contributed by atoms with Crippen molar-refractivity contribution in [2.45, 2.75) is 25.7 Å². The van der Waals surface area contributed by atoms with Gasteiger partial charge in [0, 0.05) is 30.9 Å². The number of nitrogens with one attached hydrogen (secondary N) is 1. The third-order valence-electron chi connectivity index (χ3n) is 3.61. The molecule has 1 amide bonds. The number of aliphatic carboxylic acids is 1. The van der Waals surface area contributed by atoms with Crippen molar-refractivity contribution >= 4 is 23.3 Å². The van der Waals surface area contributed by atoms with E-state index in [1.165, 1.54) is 0 Å². The van der Waals surface area contributed by atoms with Gasteiger partial charge in [0.2, 0.25) is 5.91 Å². The first-order valence-corrected chi connectivity index (χ1v) is 7.18. The third kappa shape index (κ3) is 4.11. The summed E-state index contributed by atoms with van der Waals surface area (Å²) < 4.78 is 0. The van der Waals surface area contributed by atoms with Gasteiger partial charge >= 0.3 is 5.97 Å². The average molecular weight is 291 g/mol. The fourth-order valence-corrected chi connectivity index (χ4v) is 2.59. The molecule has 6 heteroatoms. The predicted octanol–water partition coefficient (Wildman–Crippen LogP) is 1.00. The molecule has 0 unspecified atom stereocenters. The van der Waals surface area contributed by atoms with Gasteiger partial charge in [-0.25, -0.2) is 0 Å². The van der Waals surface area contributed by atoms with Crippen LogP contribution in [0, 0.1) is 0 Å². The van der Waals surface area contributed by atoms with E-state index >= 15 is 0 Å². The molecule has 1 aliphatic rings. The molecule has 4 N–H and O–H groups in total. The summed E-state index contributed by atoms with van der Waals surface area (Å²) in [5, 5.41) is 11.3. The molecule has 1 aliphatic heterocycles. The number of benzene rings is 1. The Morgan fingerprint density at radius 1 is 1.38 bits per heavy atom. The minimum Gasteiger partial charge on any atom is -0.481 e. The number of anilines is 2. The van der Waals surface area contributed by atoms with Gasteiger partial charge in [-0.2, -0.15) is 0 Å². The van der Waals surface area contributed by atoms with E-state index in [-0.39, 0.29) is 18.9 Å². The number of fused-ring (bicyclic) bond motifs is 1. The number of carbonyl (C=O) groups excluding carboxylic acids is 1. The standard InChI is InChI=1S/C15H21N3O3/c16-12-5-1-6-13-11(12)4-3-9-18(13)10-14(19)17-8-2-7-15(20)21/h1,5-6H,2-4,7-10,16H2,(H,17,19)(H,20,21). The van der Waals surface area contributed by atoms with E-state index in [1.54, 1.807) is 0 Å². The number of hydrogen-bond donors (Lipinski definition) is 3. The quantitative estimate of drug-likeness (QED) is 0.537. The summed E-state index contributed by atoms with van der Waals surface area (Å²) in [6.07, 6.45) is 2.44. The summed E-state index contributed by atoms with van der Waals surface area (Å²) >= 11 is 0. The van der Waals surface area contributed by atoms with Gasteiger partial charge in [0.1, 0.15) is 0 Å². The van der Waals surface area contributed by atoms with Crippen LogP contribution in [0.4, 0.5) is 11.4 Å². The second-order valence-corrected chi connectivity index (χ2v) is 5.22. The molecule has 1 aromatic carbocycles. The zero-order chi connectivity index (χ0) is 15.2. The maximum Gasteiger partial charge on any atom is 0.303 e. The van der Waals surface area contributed by atoms with Gasteiger partial charge in [-0.3, -0.25) is 9.59 Å². The van der Waals surface area contributed by atoms with Crippen LogP contribution in [-0.4, -0.2) is 36.6 Å². The number of amides is 1. The Labute approximate surface area is 123 Å². The molecule has 0 saturated heterocycles. The van der Waals surface area contributed by atoms with Gasteiger partial charge in [-0.15, -0.1) is 0 Å². The molecular formula is C15H21N3O3. The first kappa shape index (κ1) is 15.2. The number of nitrogen functional groups attached to an aromatic ring is 1. The molecule has 0 saturated carbocycles. The molecule has 0 bridgehead atoms. The first-order chi connectivity index (χ1) is 10.1. The fraction of sp³-hybridized carbons (Fsp3) is 0.467. The Morgan fingerprint density at radius 2 is 2.19 bits per heavy atom. The van der Waals surface area contributed by atoms with Crippen LogP contribution in [-0.2, 0) is 16.0 Å². The van der Waals surface area contributed by atoms with Crippen LogP contribution in [0.3, 0.4) is 0 Å². The minimum absolute atomic E-state index is 0.0728. The third-order valence-corrected chi connectivity index (χ3v) is 3.61. The number of carboxylic acids is 1. The minimum atomic E-state index is -0.843. The molecule has 114 valence electrons. The Morgan fingerprint density at radius 3 is 2.95 bits per heavy atom. The van der Waals surface area contributed by atoms with Crippen molar-refractivity contribution in [3.05, 3.63) is 23.8 Å². The monoisotopic (exact) mass is 291 g/mol. The van der Waals surface area contributed by atoms with Crippen molar-refractivity contribution in [3.8, 4) is 0 Å². The van der Waals surface area contributed by atoms with Gasteiger partial charge in [0.05, 0.1) is 6.54 Å². The van der Waals surface area contributed by atoms with Crippen molar-refractivity contribution in [1.82, 2.24) is 5.32 Å². The highest BCUT2D eigenvalue weighted by Crippen LogP contribution is 2.30. The molecule has 0 atom stereocenters. The van der Waals surface area contributed by atoms with Gasteiger partial charge < -0.3 is 21.1 Å². The molecule has 2 rings (SSSR count). The van der Waals surface area contributed by atoms with E-state index in [0.29, 0.717) is 13.0 Å². The Balaban J connectivity index is 1.88. The molecule has 0 spiro atoms. The van der Waals surface area contributed by atoms with E-state index in [9.17, 15) is 9.59 Å². The number of nitrogens with zero attached hydrogens (tertiary/aromatic N) is 1. The van der Waals surface area contributed by atoms with Crippen LogP contribution >= 0.6 is 0 Å². The van der Waals surface area contributed by atoms with Gasteiger partial charge in [0.15, 0.2) is 0 Å². The fourth-order valence-electron chi connectivity index (χ4n) is 2.59. The van der Waals surface area contributed by atoms with E-state index < -0.39 is 5.97 Å². The largest absolute Gasteiger partial charge is 0.481 e. The zero-order valence-electron chi connectivity index (χ0n) is 12.0. The molecule has 6 nitrogen and oxygen atoms in total. The Bertz CT molecular complexity index is 531. The molecule has 1 aromatic rings. The summed E-state index contributed by atoms with van der Waals surface area (Å²) in [6, 6.07) is 5.77. The van der Waals surface area contributed by atoms with E-state index in [2.05, 4.69) is 5.32 Å². The Hall–Kier alpha value is -2.24. The SMILES string of the molecule is Nc1cccc2c1CCCN2CC(=O)NCCCC(=O)O. The highest BCUT2D eigenvalue weighted by molar-refractivity contribution is 5.82. The second kappa shape index (κ2) is 6.97. The Kier molecular flexibility index (Phi) is 5.03. The lowest BCUT2D eigenvalue weighted by Gasteiger charge is -2.31. The smallest absolute Gasteiger partial charge is 0.303 e. The van der Waals surface area contributed by atoms with Crippen molar-refractivity contribution in [3.63, 3.8) is 0 Å². The summed E-state index contributed by atoms with van der Waals surface area (Å²) in [5.41, 5.74) is 8.90. The van der Waals surface area contributed by atoms with Gasteiger partial charge in [-0.05, 0) is 37.0 Å². The van der Waals surface area contributed by atoms with Crippen molar-refractivity contribution in [1.29, 1.82) is 0 Å². The summed E-state index contributed by atoms with van der Waals surface area (Å²) in [4.78, 5) is 24.3. The van der Waals surface area contributed by atoms with Crippen molar-refractivity contribution in [2.75, 3.05) is 30.3 Å². The molecule has 1 heterocycles. The van der Waals surface area contributed by atoms with Crippen molar-refractivity contribution < 1.29 is 14.7 Å². The second-order valence-electron chi connectivity index (χ2n) is 5.22. The number of rotatable bonds is 6. The maximum atomic E-state index is 11.9. The molecule has 0 aromatic heterocycles. The summed E-state index contributed by atoms with van der Waals surface area (Å²) in [5.74, 6) is -0.930. The molecule has 21 heavy (non-hydrogen) atoms. The molecule has 0 radical (unpaired) electrons. The van der Waals surface area contributed by atoms with Crippen LogP contribution in [0.25, 0.3) is 0 Å².